The first-order valence-electron chi connectivity index (χ1n) is 4.51. The first-order valence-corrected chi connectivity index (χ1v) is 4.89. The van der Waals surface area contributed by atoms with Gasteiger partial charge < -0.3 is 5.11 Å². The van der Waals surface area contributed by atoms with Crippen LogP contribution in [0, 0.1) is 11.6 Å². The van der Waals surface area contributed by atoms with E-state index in [2.05, 4.69) is 0 Å². The number of phenols is 1. The monoisotopic (exact) mass is 240 g/mol. The molecule has 0 amide bonds. The number of phenolic OH excluding ortho intramolecular Hbond substituents is 1. The van der Waals surface area contributed by atoms with Gasteiger partial charge in [-0.15, -0.1) is 0 Å². The third-order valence-corrected chi connectivity index (χ3v) is 2.35. The maximum absolute atomic E-state index is 13.0. The molecule has 16 heavy (non-hydrogen) atoms. The van der Waals surface area contributed by atoms with E-state index in [9.17, 15) is 13.9 Å². The van der Waals surface area contributed by atoms with Crippen molar-refractivity contribution in [3.8, 4) is 16.9 Å². The lowest BCUT2D eigenvalue weighted by atomic mass is 10.1. The van der Waals surface area contributed by atoms with Gasteiger partial charge in [-0.3, -0.25) is 0 Å². The Labute approximate surface area is 95.9 Å². The minimum Gasteiger partial charge on any atom is -0.508 e. The van der Waals surface area contributed by atoms with E-state index < -0.39 is 11.6 Å². The average molecular weight is 241 g/mol. The van der Waals surface area contributed by atoms with Gasteiger partial charge in [0, 0.05) is 5.02 Å². The lowest BCUT2D eigenvalue weighted by Gasteiger charge is -2.04. The van der Waals surface area contributed by atoms with Crippen LogP contribution in [0.5, 0.6) is 5.75 Å². The Morgan fingerprint density at radius 2 is 1.62 bits per heavy atom. The van der Waals surface area contributed by atoms with Crippen molar-refractivity contribution in [1.29, 1.82) is 0 Å². The fraction of sp³-hybridized carbons (Fsp3) is 0. The van der Waals surface area contributed by atoms with Crippen molar-refractivity contribution in [3.05, 3.63) is 53.1 Å². The molecule has 0 aromatic heterocycles. The van der Waals surface area contributed by atoms with Crippen molar-refractivity contribution >= 4 is 11.6 Å². The zero-order valence-electron chi connectivity index (χ0n) is 8.05. The van der Waals surface area contributed by atoms with E-state index in [1.54, 1.807) is 6.07 Å². The molecule has 0 aliphatic rings. The van der Waals surface area contributed by atoms with Gasteiger partial charge >= 0.3 is 0 Å². The highest BCUT2D eigenvalue weighted by Crippen LogP contribution is 2.28. The topological polar surface area (TPSA) is 20.2 Å². The van der Waals surface area contributed by atoms with Crippen molar-refractivity contribution < 1.29 is 13.9 Å². The van der Waals surface area contributed by atoms with Gasteiger partial charge in [0.1, 0.15) is 5.75 Å². The normalized spacial score (nSPS) is 10.4. The highest BCUT2D eigenvalue weighted by molar-refractivity contribution is 6.31. The van der Waals surface area contributed by atoms with Gasteiger partial charge in [0.15, 0.2) is 11.6 Å². The summed E-state index contributed by atoms with van der Waals surface area (Å²) < 4.78 is 25.7. The minimum absolute atomic E-state index is 0.0211. The molecule has 0 aliphatic heterocycles. The number of hydrogen-bond acceptors (Lipinski definition) is 1. The molecule has 0 heterocycles. The van der Waals surface area contributed by atoms with Crippen molar-refractivity contribution in [3.63, 3.8) is 0 Å². The summed E-state index contributed by atoms with van der Waals surface area (Å²) in [5.74, 6) is -1.86. The predicted octanol–water partition coefficient (Wildman–Crippen LogP) is 3.99. The molecular formula is C12H7ClF2O. The van der Waals surface area contributed by atoms with Gasteiger partial charge in [-0.05, 0) is 41.5 Å². The van der Waals surface area contributed by atoms with Gasteiger partial charge in [-0.25, -0.2) is 8.78 Å². The van der Waals surface area contributed by atoms with Crippen molar-refractivity contribution in [2.45, 2.75) is 0 Å². The van der Waals surface area contributed by atoms with Crippen LogP contribution < -0.4 is 0 Å². The molecule has 2 aromatic rings. The van der Waals surface area contributed by atoms with Crippen LogP contribution in [0.3, 0.4) is 0 Å². The number of halogens is 3. The summed E-state index contributed by atoms with van der Waals surface area (Å²) in [6, 6.07) is 7.87. The second-order valence-electron chi connectivity index (χ2n) is 3.33. The van der Waals surface area contributed by atoms with Gasteiger partial charge in [0.05, 0.1) is 0 Å². The smallest absolute Gasteiger partial charge is 0.159 e. The number of hydrogen-bond donors (Lipinski definition) is 1. The first-order chi connectivity index (χ1) is 7.56. The molecule has 0 fully saturated rings. The van der Waals surface area contributed by atoms with Crippen LogP contribution in [0.4, 0.5) is 8.78 Å². The van der Waals surface area contributed by atoms with E-state index in [1.807, 2.05) is 0 Å². The Morgan fingerprint density at radius 1 is 0.875 bits per heavy atom. The summed E-state index contributed by atoms with van der Waals surface area (Å²) in [7, 11) is 0. The Kier molecular flexibility index (Phi) is 2.79. The predicted molar refractivity (Wildman–Crippen MR) is 58.5 cm³/mol. The molecule has 0 saturated carbocycles. The molecule has 2 aromatic carbocycles. The summed E-state index contributed by atoms with van der Waals surface area (Å²) in [4.78, 5) is 0. The number of rotatable bonds is 1. The first kappa shape index (κ1) is 10.9. The van der Waals surface area contributed by atoms with Crippen molar-refractivity contribution in [2.75, 3.05) is 0 Å². The van der Waals surface area contributed by atoms with Gasteiger partial charge in [0.25, 0.3) is 0 Å². The third kappa shape index (κ3) is 2.14. The molecule has 0 aliphatic carbocycles. The van der Waals surface area contributed by atoms with E-state index in [-0.39, 0.29) is 5.75 Å². The molecule has 82 valence electrons. The van der Waals surface area contributed by atoms with Crippen LogP contribution in [0.15, 0.2) is 36.4 Å². The Hall–Kier alpha value is -1.61. The van der Waals surface area contributed by atoms with E-state index in [1.165, 1.54) is 18.2 Å². The maximum atomic E-state index is 13.0. The highest BCUT2D eigenvalue weighted by atomic mass is 35.5. The van der Waals surface area contributed by atoms with E-state index in [0.717, 1.165) is 12.1 Å². The van der Waals surface area contributed by atoms with Crippen molar-refractivity contribution in [2.24, 2.45) is 0 Å². The molecule has 0 atom stereocenters. The third-order valence-electron chi connectivity index (χ3n) is 2.14. The van der Waals surface area contributed by atoms with Crippen LogP contribution in [0.1, 0.15) is 0 Å². The maximum Gasteiger partial charge on any atom is 0.159 e. The van der Waals surface area contributed by atoms with Crippen LogP contribution in [0.25, 0.3) is 11.1 Å². The zero-order chi connectivity index (χ0) is 11.7. The summed E-state index contributed by atoms with van der Waals surface area (Å²) in [6.45, 7) is 0. The molecule has 0 spiro atoms. The second-order valence-corrected chi connectivity index (χ2v) is 3.76. The molecule has 1 N–H and O–H groups in total. The van der Waals surface area contributed by atoms with E-state index >= 15 is 0 Å². The molecule has 0 unspecified atom stereocenters. The fourth-order valence-corrected chi connectivity index (χ4v) is 1.65. The Balaban J connectivity index is 2.54. The van der Waals surface area contributed by atoms with Gasteiger partial charge in [-0.1, -0.05) is 17.7 Å². The molecule has 0 bridgehead atoms. The zero-order valence-corrected chi connectivity index (χ0v) is 8.80. The van der Waals surface area contributed by atoms with Crippen LogP contribution in [-0.2, 0) is 0 Å². The molecular weight excluding hydrogens is 234 g/mol. The van der Waals surface area contributed by atoms with Crippen LogP contribution in [-0.4, -0.2) is 5.11 Å². The Morgan fingerprint density at radius 3 is 2.25 bits per heavy atom. The molecule has 2 rings (SSSR count). The number of aromatic hydroxyl groups is 1. The average Bonchev–Trinajstić information content (AvgIpc) is 2.20. The van der Waals surface area contributed by atoms with Crippen molar-refractivity contribution in [1.82, 2.24) is 0 Å². The lowest BCUT2D eigenvalue weighted by molar-refractivity contribution is 0.475. The number of benzene rings is 2. The highest BCUT2D eigenvalue weighted by Gasteiger charge is 2.06. The quantitative estimate of drug-likeness (QED) is 0.799. The summed E-state index contributed by atoms with van der Waals surface area (Å²) in [5.41, 5.74) is 0.987. The minimum atomic E-state index is -0.933. The molecule has 1 nitrogen and oxygen atoms in total. The largest absolute Gasteiger partial charge is 0.508 e. The van der Waals surface area contributed by atoms with Crippen LogP contribution >= 0.6 is 11.6 Å². The molecule has 0 saturated heterocycles. The Bertz CT molecular complexity index is 520. The standard InChI is InChI=1S/C12H7ClF2O/c13-9-3-8(4-10(16)6-9)7-1-2-11(14)12(15)5-7/h1-6,16H. The van der Waals surface area contributed by atoms with Crippen LogP contribution in [0.2, 0.25) is 5.02 Å². The second kappa shape index (κ2) is 4.10. The fourth-order valence-electron chi connectivity index (χ4n) is 1.42. The summed E-state index contributed by atoms with van der Waals surface area (Å²) >= 11 is 5.74. The summed E-state index contributed by atoms with van der Waals surface area (Å²) in [6.07, 6.45) is 0. The van der Waals surface area contributed by atoms with Gasteiger partial charge in [-0.2, -0.15) is 0 Å². The SMILES string of the molecule is Oc1cc(Cl)cc(-c2ccc(F)c(F)c2)c1. The molecule has 0 radical (unpaired) electrons. The molecule has 4 heteroatoms. The van der Waals surface area contributed by atoms with E-state index in [4.69, 9.17) is 11.6 Å². The lowest BCUT2D eigenvalue weighted by Crippen LogP contribution is -1.85. The van der Waals surface area contributed by atoms with Gasteiger partial charge in [0.2, 0.25) is 0 Å². The van der Waals surface area contributed by atoms with E-state index in [0.29, 0.717) is 16.1 Å². The summed E-state index contributed by atoms with van der Waals surface area (Å²) in [5, 5.41) is 9.66.